The van der Waals surface area contributed by atoms with Crippen LogP contribution in [0.25, 0.3) is 0 Å². The molecule has 0 saturated carbocycles. The van der Waals surface area contributed by atoms with Crippen molar-refractivity contribution in [2.24, 2.45) is 5.92 Å². The molecule has 1 aromatic rings. The zero-order chi connectivity index (χ0) is 14.0. The van der Waals surface area contributed by atoms with Gasteiger partial charge in [0.15, 0.2) is 0 Å². The summed E-state index contributed by atoms with van der Waals surface area (Å²) in [4.78, 5) is 4.73. The minimum Gasteiger partial charge on any atom is -0.388 e. The summed E-state index contributed by atoms with van der Waals surface area (Å²) in [6.45, 7) is 6.44. The molecule has 0 aliphatic carbocycles. The molecule has 0 aromatic heterocycles. The second-order valence-corrected chi connectivity index (χ2v) is 5.90. The summed E-state index contributed by atoms with van der Waals surface area (Å²) in [6.07, 6.45) is 0.405. The molecule has 1 N–H and O–H groups in total. The van der Waals surface area contributed by atoms with Gasteiger partial charge in [0.25, 0.3) is 0 Å². The quantitative estimate of drug-likeness (QED) is 0.903. The van der Waals surface area contributed by atoms with Crippen molar-refractivity contribution in [3.8, 4) is 0 Å². The van der Waals surface area contributed by atoms with Crippen LogP contribution < -0.4 is 4.90 Å². The Morgan fingerprint density at radius 2 is 2.00 bits per heavy atom. The van der Waals surface area contributed by atoms with Crippen molar-refractivity contribution in [2.75, 3.05) is 32.1 Å². The first kappa shape index (κ1) is 14.4. The highest BCUT2D eigenvalue weighted by molar-refractivity contribution is 5.55. The van der Waals surface area contributed by atoms with Crippen LogP contribution in [0.3, 0.4) is 0 Å². The molecule has 1 saturated heterocycles. The molecule has 1 aliphatic heterocycles. The van der Waals surface area contributed by atoms with E-state index in [1.165, 1.54) is 5.69 Å². The average molecular weight is 262 g/mol. The second kappa shape index (κ2) is 5.93. The highest BCUT2D eigenvalue weighted by Gasteiger charge is 2.32. The lowest BCUT2D eigenvalue weighted by atomic mass is 10.0. The highest BCUT2D eigenvalue weighted by Crippen LogP contribution is 2.32. The molecule has 1 heterocycles. The van der Waals surface area contributed by atoms with E-state index in [0.717, 1.165) is 25.1 Å². The van der Waals surface area contributed by atoms with Crippen LogP contribution in [0.5, 0.6) is 0 Å². The Labute approximate surface area is 116 Å². The summed E-state index contributed by atoms with van der Waals surface area (Å²) in [6, 6.07) is 8.86. The van der Waals surface area contributed by atoms with Crippen molar-refractivity contribution in [2.45, 2.75) is 32.4 Å². The van der Waals surface area contributed by atoms with Crippen molar-refractivity contribution in [1.82, 2.24) is 4.90 Å². The lowest BCUT2D eigenvalue weighted by Gasteiger charge is -2.25. The zero-order valence-corrected chi connectivity index (χ0v) is 12.5. The van der Waals surface area contributed by atoms with E-state index in [0.29, 0.717) is 12.0 Å². The standard InChI is InChI=1S/C16H26N2O/c1-5-16(19)13-8-6-7-9-14(13)18-10-12(2)15(11-18)17(3)4/h6-9,12,15-16,19H,5,10-11H2,1-4H3/t12?,15?,16-/m0/s1. The summed E-state index contributed by atoms with van der Waals surface area (Å²) in [5.41, 5.74) is 2.27. The van der Waals surface area contributed by atoms with Crippen LogP contribution in [0.1, 0.15) is 31.9 Å². The maximum absolute atomic E-state index is 10.2. The molecule has 0 bridgehead atoms. The molecule has 2 unspecified atom stereocenters. The van der Waals surface area contributed by atoms with Crippen LogP contribution in [-0.4, -0.2) is 43.2 Å². The smallest absolute Gasteiger partial charge is 0.0807 e. The predicted molar refractivity (Wildman–Crippen MR) is 80.5 cm³/mol. The van der Waals surface area contributed by atoms with Crippen molar-refractivity contribution < 1.29 is 5.11 Å². The van der Waals surface area contributed by atoms with Gasteiger partial charge in [-0.3, -0.25) is 0 Å². The molecule has 1 aliphatic rings. The number of aliphatic hydroxyl groups is 1. The molecule has 2 rings (SSSR count). The highest BCUT2D eigenvalue weighted by atomic mass is 16.3. The third-order valence-corrected chi connectivity index (χ3v) is 4.26. The van der Waals surface area contributed by atoms with E-state index in [2.05, 4.69) is 49.0 Å². The summed E-state index contributed by atoms with van der Waals surface area (Å²) in [5.74, 6) is 0.654. The second-order valence-electron chi connectivity index (χ2n) is 5.90. The molecule has 19 heavy (non-hydrogen) atoms. The Kier molecular flexibility index (Phi) is 4.48. The molecule has 3 heteroatoms. The summed E-state index contributed by atoms with van der Waals surface area (Å²) >= 11 is 0. The molecule has 0 radical (unpaired) electrons. The fourth-order valence-corrected chi connectivity index (χ4v) is 3.10. The fourth-order valence-electron chi connectivity index (χ4n) is 3.10. The van der Waals surface area contributed by atoms with Crippen molar-refractivity contribution in [3.63, 3.8) is 0 Å². The number of hydrogen-bond acceptors (Lipinski definition) is 3. The van der Waals surface area contributed by atoms with Crippen LogP contribution in [0.2, 0.25) is 0 Å². The summed E-state index contributed by atoms with van der Waals surface area (Å²) < 4.78 is 0. The van der Waals surface area contributed by atoms with Gasteiger partial charge < -0.3 is 14.9 Å². The average Bonchev–Trinajstić information content (AvgIpc) is 2.80. The van der Waals surface area contributed by atoms with Gasteiger partial charge in [0.2, 0.25) is 0 Å². The molecule has 0 spiro atoms. The molecule has 1 fully saturated rings. The van der Waals surface area contributed by atoms with E-state index in [4.69, 9.17) is 0 Å². The lowest BCUT2D eigenvalue weighted by molar-refractivity contribution is 0.174. The maximum Gasteiger partial charge on any atom is 0.0807 e. The van der Waals surface area contributed by atoms with Crippen molar-refractivity contribution in [3.05, 3.63) is 29.8 Å². The van der Waals surface area contributed by atoms with Crippen molar-refractivity contribution >= 4 is 5.69 Å². The van der Waals surface area contributed by atoms with E-state index in [-0.39, 0.29) is 6.10 Å². The minimum atomic E-state index is -0.357. The van der Waals surface area contributed by atoms with Crippen LogP contribution in [0.4, 0.5) is 5.69 Å². The van der Waals surface area contributed by atoms with E-state index in [9.17, 15) is 5.11 Å². The maximum atomic E-state index is 10.2. The first-order valence-corrected chi connectivity index (χ1v) is 7.23. The number of aliphatic hydroxyl groups excluding tert-OH is 1. The third-order valence-electron chi connectivity index (χ3n) is 4.26. The van der Waals surface area contributed by atoms with E-state index in [1.807, 2.05) is 13.0 Å². The topological polar surface area (TPSA) is 26.7 Å². The largest absolute Gasteiger partial charge is 0.388 e. The SMILES string of the molecule is CC[C@H](O)c1ccccc1N1CC(C)C(N(C)C)C1. The summed E-state index contributed by atoms with van der Waals surface area (Å²) in [5, 5.41) is 10.2. The van der Waals surface area contributed by atoms with Gasteiger partial charge in [-0.1, -0.05) is 32.0 Å². The number of para-hydroxylation sites is 1. The van der Waals surface area contributed by atoms with Gasteiger partial charge in [-0.25, -0.2) is 0 Å². The monoisotopic (exact) mass is 262 g/mol. The third kappa shape index (κ3) is 2.93. The Bertz CT molecular complexity index is 419. The van der Waals surface area contributed by atoms with E-state index < -0.39 is 0 Å². The van der Waals surface area contributed by atoms with Gasteiger partial charge in [0.05, 0.1) is 6.10 Å². The first-order chi connectivity index (χ1) is 9.04. The van der Waals surface area contributed by atoms with Gasteiger partial charge in [-0.05, 0) is 32.5 Å². The first-order valence-electron chi connectivity index (χ1n) is 7.23. The van der Waals surface area contributed by atoms with Gasteiger partial charge in [0.1, 0.15) is 0 Å². The normalized spacial score (nSPS) is 25.1. The van der Waals surface area contributed by atoms with Gasteiger partial charge >= 0.3 is 0 Å². The van der Waals surface area contributed by atoms with E-state index >= 15 is 0 Å². The molecule has 106 valence electrons. The molecule has 3 atom stereocenters. The molecule has 0 amide bonds. The Balaban J connectivity index is 2.24. The molecule has 3 nitrogen and oxygen atoms in total. The molecular weight excluding hydrogens is 236 g/mol. The Hall–Kier alpha value is -1.06. The van der Waals surface area contributed by atoms with Gasteiger partial charge in [0, 0.05) is 30.4 Å². The number of anilines is 1. The van der Waals surface area contributed by atoms with E-state index in [1.54, 1.807) is 0 Å². The van der Waals surface area contributed by atoms with Gasteiger partial charge in [-0.15, -0.1) is 0 Å². The molecular formula is C16H26N2O. The number of likely N-dealkylation sites (N-methyl/N-ethyl adjacent to an activating group) is 1. The number of rotatable bonds is 4. The number of hydrogen-bond donors (Lipinski definition) is 1. The predicted octanol–water partition coefficient (Wildman–Crippen LogP) is 2.52. The number of nitrogens with zero attached hydrogens (tertiary/aromatic N) is 2. The van der Waals surface area contributed by atoms with Crippen LogP contribution in [-0.2, 0) is 0 Å². The lowest BCUT2D eigenvalue weighted by Crippen LogP contribution is -2.34. The summed E-state index contributed by atoms with van der Waals surface area (Å²) in [7, 11) is 4.30. The van der Waals surface area contributed by atoms with Crippen LogP contribution in [0.15, 0.2) is 24.3 Å². The fraction of sp³-hybridized carbons (Fsp3) is 0.625. The zero-order valence-electron chi connectivity index (χ0n) is 12.5. The Morgan fingerprint density at radius 3 is 2.58 bits per heavy atom. The minimum absolute atomic E-state index is 0.357. The Morgan fingerprint density at radius 1 is 1.32 bits per heavy atom. The van der Waals surface area contributed by atoms with Crippen LogP contribution >= 0.6 is 0 Å². The number of benzene rings is 1. The molecule has 1 aromatic carbocycles. The van der Waals surface area contributed by atoms with Crippen molar-refractivity contribution in [1.29, 1.82) is 0 Å². The van der Waals surface area contributed by atoms with Gasteiger partial charge in [-0.2, -0.15) is 0 Å². The van der Waals surface area contributed by atoms with Crippen LogP contribution in [0, 0.1) is 5.92 Å².